The zero-order chi connectivity index (χ0) is 15.7. The van der Waals surface area contributed by atoms with Crippen LogP contribution in [0, 0.1) is 13.8 Å². The standard InChI is InChI=1S/C18H26N2O2/c1-12-3-4-13(2)16(9-12)17(21)10-20(15-7-8-15)11-18(22)19-14-5-6-14/h3-4,9,14-15,17,21H,5-8,10-11H2,1-2H3,(H,19,22). The summed E-state index contributed by atoms with van der Waals surface area (Å²) in [7, 11) is 0. The fourth-order valence-electron chi connectivity index (χ4n) is 2.91. The Labute approximate surface area is 132 Å². The van der Waals surface area contributed by atoms with Crippen LogP contribution in [-0.2, 0) is 4.79 Å². The van der Waals surface area contributed by atoms with Crippen LogP contribution in [0.25, 0.3) is 0 Å². The minimum absolute atomic E-state index is 0.0996. The minimum Gasteiger partial charge on any atom is -0.387 e. The molecule has 1 aromatic rings. The third-order valence-electron chi connectivity index (χ3n) is 4.55. The molecule has 0 aliphatic heterocycles. The quantitative estimate of drug-likeness (QED) is 0.811. The van der Waals surface area contributed by atoms with Crippen molar-refractivity contribution in [1.82, 2.24) is 10.2 Å². The molecule has 1 atom stereocenters. The molecular formula is C18H26N2O2. The lowest BCUT2D eigenvalue weighted by atomic mass is 10.0. The molecule has 2 saturated carbocycles. The Kier molecular flexibility index (Phi) is 4.50. The van der Waals surface area contributed by atoms with Crippen LogP contribution in [0.1, 0.15) is 48.5 Å². The Bertz CT molecular complexity index is 550. The van der Waals surface area contributed by atoms with Gasteiger partial charge in [-0.15, -0.1) is 0 Å². The summed E-state index contributed by atoms with van der Waals surface area (Å²) in [6, 6.07) is 7.03. The molecule has 2 aliphatic carbocycles. The Hall–Kier alpha value is -1.39. The number of aliphatic hydroxyl groups excluding tert-OH is 1. The maximum atomic E-state index is 12.0. The van der Waals surface area contributed by atoms with Crippen LogP contribution in [-0.4, -0.2) is 41.1 Å². The maximum absolute atomic E-state index is 12.0. The van der Waals surface area contributed by atoms with Gasteiger partial charge < -0.3 is 10.4 Å². The first-order chi connectivity index (χ1) is 10.5. The minimum atomic E-state index is -0.533. The summed E-state index contributed by atoms with van der Waals surface area (Å²) < 4.78 is 0. The molecule has 0 bridgehead atoms. The van der Waals surface area contributed by atoms with E-state index in [9.17, 15) is 9.90 Å². The zero-order valence-corrected chi connectivity index (χ0v) is 13.5. The SMILES string of the molecule is Cc1ccc(C)c(C(O)CN(CC(=O)NC2CC2)C2CC2)c1. The van der Waals surface area contributed by atoms with E-state index in [2.05, 4.69) is 28.4 Å². The number of hydrogen-bond acceptors (Lipinski definition) is 3. The highest BCUT2D eigenvalue weighted by Crippen LogP contribution is 2.29. The normalized spacial score (nSPS) is 19.3. The smallest absolute Gasteiger partial charge is 0.234 e. The Morgan fingerprint density at radius 1 is 1.32 bits per heavy atom. The molecular weight excluding hydrogens is 276 g/mol. The fourth-order valence-corrected chi connectivity index (χ4v) is 2.91. The molecule has 4 nitrogen and oxygen atoms in total. The summed E-state index contributed by atoms with van der Waals surface area (Å²) in [6.45, 7) is 5.01. The van der Waals surface area contributed by atoms with Crippen molar-refractivity contribution in [3.8, 4) is 0 Å². The van der Waals surface area contributed by atoms with E-state index in [-0.39, 0.29) is 5.91 Å². The molecule has 4 heteroatoms. The molecule has 3 rings (SSSR count). The van der Waals surface area contributed by atoms with Crippen LogP contribution in [0.4, 0.5) is 0 Å². The lowest BCUT2D eigenvalue weighted by molar-refractivity contribution is -0.122. The van der Waals surface area contributed by atoms with Crippen LogP contribution in [0.15, 0.2) is 18.2 Å². The van der Waals surface area contributed by atoms with Crippen molar-refractivity contribution in [2.24, 2.45) is 0 Å². The second-order valence-electron chi connectivity index (χ2n) is 6.88. The van der Waals surface area contributed by atoms with Gasteiger partial charge in [-0.3, -0.25) is 9.69 Å². The van der Waals surface area contributed by atoms with E-state index in [1.165, 1.54) is 0 Å². The number of hydrogen-bond donors (Lipinski definition) is 2. The van der Waals surface area contributed by atoms with Crippen LogP contribution in [0.3, 0.4) is 0 Å². The molecule has 1 unspecified atom stereocenters. The van der Waals surface area contributed by atoms with Gasteiger partial charge in [0.25, 0.3) is 0 Å². The molecule has 120 valence electrons. The lowest BCUT2D eigenvalue weighted by Crippen LogP contribution is -2.41. The van der Waals surface area contributed by atoms with Crippen molar-refractivity contribution in [3.05, 3.63) is 34.9 Å². The highest BCUT2D eigenvalue weighted by molar-refractivity contribution is 5.78. The molecule has 2 aliphatic rings. The highest BCUT2D eigenvalue weighted by Gasteiger charge is 2.33. The number of rotatable bonds is 7. The summed E-state index contributed by atoms with van der Waals surface area (Å²) >= 11 is 0. The van der Waals surface area contributed by atoms with E-state index < -0.39 is 6.10 Å². The van der Waals surface area contributed by atoms with Crippen LogP contribution >= 0.6 is 0 Å². The van der Waals surface area contributed by atoms with Crippen molar-refractivity contribution in [1.29, 1.82) is 0 Å². The second-order valence-corrected chi connectivity index (χ2v) is 6.88. The number of aliphatic hydroxyl groups is 1. The van der Waals surface area contributed by atoms with Gasteiger partial charge in [-0.25, -0.2) is 0 Å². The van der Waals surface area contributed by atoms with Gasteiger partial charge in [0, 0.05) is 18.6 Å². The first kappa shape index (κ1) is 15.5. The van der Waals surface area contributed by atoms with E-state index >= 15 is 0 Å². The van der Waals surface area contributed by atoms with Gasteiger partial charge in [0.1, 0.15) is 0 Å². The molecule has 0 heterocycles. The summed E-state index contributed by atoms with van der Waals surface area (Å²) in [5, 5.41) is 13.6. The third-order valence-corrected chi connectivity index (χ3v) is 4.55. The summed E-state index contributed by atoms with van der Waals surface area (Å²) in [5.41, 5.74) is 3.24. The molecule has 1 aromatic carbocycles. The molecule has 0 saturated heterocycles. The van der Waals surface area contributed by atoms with Gasteiger partial charge in [0.2, 0.25) is 5.91 Å². The lowest BCUT2D eigenvalue weighted by Gasteiger charge is -2.25. The molecule has 2 N–H and O–H groups in total. The number of carbonyl (C=O) groups excluding carboxylic acids is 1. The molecule has 1 amide bonds. The van der Waals surface area contributed by atoms with Crippen molar-refractivity contribution < 1.29 is 9.90 Å². The molecule has 2 fully saturated rings. The van der Waals surface area contributed by atoms with E-state index in [0.717, 1.165) is 42.4 Å². The predicted molar refractivity (Wildman–Crippen MR) is 86.6 cm³/mol. The summed E-state index contributed by atoms with van der Waals surface area (Å²) in [4.78, 5) is 14.2. The number of benzene rings is 1. The van der Waals surface area contributed by atoms with Crippen molar-refractivity contribution in [3.63, 3.8) is 0 Å². The van der Waals surface area contributed by atoms with Crippen molar-refractivity contribution in [2.45, 2.75) is 57.7 Å². The van der Waals surface area contributed by atoms with E-state index in [1.54, 1.807) is 0 Å². The first-order valence-electron chi connectivity index (χ1n) is 8.31. The highest BCUT2D eigenvalue weighted by atomic mass is 16.3. The van der Waals surface area contributed by atoms with Gasteiger partial charge in [-0.1, -0.05) is 23.8 Å². The fraction of sp³-hybridized carbons (Fsp3) is 0.611. The van der Waals surface area contributed by atoms with Gasteiger partial charge >= 0.3 is 0 Å². The monoisotopic (exact) mass is 302 g/mol. The number of carbonyl (C=O) groups is 1. The van der Waals surface area contributed by atoms with Crippen LogP contribution < -0.4 is 5.32 Å². The zero-order valence-electron chi connectivity index (χ0n) is 13.5. The number of nitrogens with zero attached hydrogens (tertiary/aromatic N) is 1. The maximum Gasteiger partial charge on any atom is 0.234 e. The van der Waals surface area contributed by atoms with Crippen LogP contribution in [0.5, 0.6) is 0 Å². The number of aryl methyl sites for hydroxylation is 2. The van der Waals surface area contributed by atoms with Crippen molar-refractivity contribution >= 4 is 5.91 Å². The molecule has 0 spiro atoms. The molecule has 0 aromatic heterocycles. The third kappa shape index (κ3) is 4.08. The van der Waals surface area contributed by atoms with Gasteiger partial charge in [0.15, 0.2) is 0 Å². The Morgan fingerprint density at radius 3 is 2.68 bits per heavy atom. The number of nitrogens with one attached hydrogen (secondary N) is 1. The van der Waals surface area contributed by atoms with Crippen molar-refractivity contribution in [2.75, 3.05) is 13.1 Å². The van der Waals surface area contributed by atoms with Gasteiger partial charge in [0.05, 0.1) is 12.6 Å². The van der Waals surface area contributed by atoms with Gasteiger partial charge in [-0.05, 0) is 50.7 Å². The summed E-state index contributed by atoms with van der Waals surface area (Å²) in [6.07, 6.45) is 3.96. The Balaban J connectivity index is 1.62. The first-order valence-corrected chi connectivity index (χ1v) is 8.31. The van der Waals surface area contributed by atoms with E-state index in [1.807, 2.05) is 13.8 Å². The van der Waals surface area contributed by atoms with E-state index in [0.29, 0.717) is 25.2 Å². The summed E-state index contributed by atoms with van der Waals surface area (Å²) in [5.74, 6) is 0.0996. The number of amides is 1. The van der Waals surface area contributed by atoms with E-state index in [4.69, 9.17) is 0 Å². The largest absolute Gasteiger partial charge is 0.387 e. The molecule has 22 heavy (non-hydrogen) atoms. The Morgan fingerprint density at radius 2 is 2.05 bits per heavy atom. The average Bonchev–Trinajstić information content (AvgIpc) is 3.33. The molecule has 0 radical (unpaired) electrons. The predicted octanol–water partition coefficient (Wildman–Crippen LogP) is 2.08. The topological polar surface area (TPSA) is 52.6 Å². The van der Waals surface area contributed by atoms with Crippen LogP contribution in [0.2, 0.25) is 0 Å². The average molecular weight is 302 g/mol. The van der Waals surface area contributed by atoms with Gasteiger partial charge in [-0.2, -0.15) is 0 Å². The second kappa shape index (κ2) is 6.39.